The highest BCUT2D eigenvalue weighted by atomic mass is 32.2. The number of pyridine rings is 2. The van der Waals surface area contributed by atoms with E-state index in [1.54, 1.807) is 4.52 Å². The van der Waals surface area contributed by atoms with Crippen LogP contribution < -0.4 is 14.5 Å². The molecule has 0 spiro atoms. The van der Waals surface area contributed by atoms with Gasteiger partial charge in [-0.05, 0) is 56.9 Å². The van der Waals surface area contributed by atoms with Gasteiger partial charge in [-0.25, -0.2) is 13.1 Å². The maximum atomic E-state index is 12.2. The number of hydrogen-bond donors (Lipinski definition) is 1. The standard InChI is InChI=1S/C21H27N7O2S/c1-14-15(2)18(13-22-16(14)3)26-9-11-27(12-10-26)20-6-4-5-19-23-21(24-28(19)20)25-31(29,30)17-7-8-17/h4-6,13,17H,7-12H2,1-3H3,(H,24,25). The van der Waals surface area contributed by atoms with Crippen molar-refractivity contribution in [2.45, 2.75) is 38.9 Å². The number of piperazine rings is 1. The highest BCUT2D eigenvalue weighted by molar-refractivity contribution is 7.93. The van der Waals surface area contributed by atoms with Gasteiger partial charge in [0.1, 0.15) is 5.82 Å². The van der Waals surface area contributed by atoms with Gasteiger partial charge in [0.15, 0.2) is 5.65 Å². The van der Waals surface area contributed by atoms with Gasteiger partial charge >= 0.3 is 0 Å². The molecule has 0 unspecified atom stereocenters. The molecule has 164 valence electrons. The summed E-state index contributed by atoms with van der Waals surface area (Å²) in [5.41, 5.74) is 5.42. The number of hydrogen-bond acceptors (Lipinski definition) is 7. The normalized spacial score (nSPS) is 17.4. The van der Waals surface area contributed by atoms with Gasteiger partial charge in [0.25, 0.3) is 5.95 Å². The number of anilines is 3. The fourth-order valence-electron chi connectivity index (χ4n) is 4.07. The molecule has 0 aromatic carbocycles. The summed E-state index contributed by atoms with van der Waals surface area (Å²) >= 11 is 0. The summed E-state index contributed by atoms with van der Waals surface area (Å²) in [4.78, 5) is 13.6. The minimum Gasteiger partial charge on any atom is -0.367 e. The first-order valence-corrected chi connectivity index (χ1v) is 12.2. The minimum absolute atomic E-state index is 0.134. The van der Waals surface area contributed by atoms with Crippen LogP contribution in [0.2, 0.25) is 0 Å². The van der Waals surface area contributed by atoms with Crippen molar-refractivity contribution >= 4 is 33.1 Å². The molecule has 4 heterocycles. The second kappa shape index (κ2) is 7.37. The predicted molar refractivity (Wildman–Crippen MR) is 121 cm³/mol. The first-order chi connectivity index (χ1) is 14.8. The van der Waals surface area contributed by atoms with E-state index in [4.69, 9.17) is 0 Å². The molecule has 3 aromatic rings. The SMILES string of the molecule is Cc1ncc(N2CCN(c3cccc4nc(NS(=O)(=O)C5CC5)nn34)CC2)c(C)c1C. The van der Waals surface area contributed by atoms with Crippen molar-refractivity contribution in [2.75, 3.05) is 40.7 Å². The van der Waals surface area contributed by atoms with Crippen molar-refractivity contribution in [3.8, 4) is 0 Å². The lowest BCUT2D eigenvalue weighted by atomic mass is 10.1. The van der Waals surface area contributed by atoms with Crippen LogP contribution in [0, 0.1) is 20.8 Å². The molecule has 5 rings (SSSR count). The molecule has 9 nitrogen and oxygen atoms in total. The fraction of sp³-hybridized carbons (Fsp3) is 0.476. The van der Waals surface area contributed by atoms with Crippen molar-refractivity contribution < 1.29 is 8.42 Å². The third kappa shape index (κ3) is 3.69. The summed E-state index contributed by atoms with van der Waals surface area (Å²) in [5, 5.41) is 4.14. The second-order valence-electron chi connectivity index (χ2n) is 8.39. The monoisotopic (exact) mass is 441 g/mol. The Morgan fingerprint density at radius 1 is 1.00 bits per heavy atom. The van der Waals surface area contributed by atoms with Crippen molar-refractivity contribution in [1.29, 1.82) is 0 Å². The Kier molecular flexibility index (Phi) is 4.76. The van der Waals surface area contributed by atoms with Gasteiger partial charge in [0.05, 0.1) is 17.1 Å². The Morgan fingerprint density at radius 3 is 2.42 bits per heavy atom. The largest absolute Gasteiger partial charge is 0.367 e. The molecule has 31 heavy (non-hydrogen) atoms. The minimum atomic E-state index is -3.39. The van der Waals surface area contributed by atoms with E-state index < -0.39 is 10.0 Å². The van der Waals surface area contributed by atoms with E-state index in [0.29, 0.717) is 18.5 Å². The Bertz CT molecular complexity index is 1240. The maximum absolute atomic E-state index is 12.2. The van der Waals surface area contributed by atoms with Crippen LogP contribution in [-0.4, -0.2) is 59.4 Å². The lowest BCUT2D eigenvalue weighted by Crippen LogP contribution is -2.47. The average Bonchev–Trinajstić information content (AvgIpc) is 3.53. The molecule has 1 saturated carbocycles. The topological polar surface area (TPSA) is 95.7 Å². The highest BCUT2D eigenvalue weighted by Gasteiger charge is 2.36. The van der Waals surface area contributed by atoms with Crippen LogP contribution in [0.15, 0.2) is 24.4 Å². The van der Waals surface area contributed by atoms with Crippen LogP contribution in [0.1, 0.15) is 29.7 Å². The lowest BCUT2D eigenvalue weighted by Gasteiger charge is -2.37. The van der Waals surface area contributed by atoms with Crippen LogP contribution in [0.5, 0.6) is 0 Å². The fourth-order valence-corrected chi connectivity index (χ4v) is 5.34. The van der Waals surface area contributed by atoms with Gasteiger partial charge in [0, 0.05) is 31.9 Å². The highest BCUT2D eigenvalue weighted by Crippen LogP contribution is 2.30. The molecule has 0 radical (unpaired) electrons. The Balaban J connectivity index is 1.35. The van der Waals surface area contributed by atoms with Gasteiger partial charge in [-0.15, -0.1) is 5.10 Å². The van der Waals surface area contributed by atoms with Gasteiger partial charge in [0.2, 0.25) is 10.0 Å². The van der Waals surface area contributed by atoms with E-state index in [1.807, 2.05) is 31.3 Å². The maximum Gasteiger partial charge on any atom is 0.256 e. The third-order valence-electron chi connectivity index (χ3n) is 6.35. The number of rotatable bonds is 5. The van der Waals surface area contributed by atoms with E-state index in [2.05, 4.69) is 43.4 Å². The zero-order chi connectivity index (χ0) is 21.8. The van der Waals surface area contributed by atoms with Crippen molar-refractivity contribution in [3.05, 3.63) is 41.2 Å². The molecule has 0 bridgehead atoms. The molecular formula is C21H27N7O2S. The van der Waals surface area contributed by atoms with Crippen molar-refractivity contribution in [3.63, 3.8) is 0 Å². The molecule has 1 aliphatic carbocycles. The van der Waals surface area contributed by atoms with Crippen LogP contribution in [0.3, 0.4) is 0 Å². The Hall–Kier alpha value is -2.88. The number of aryl methyl sites for hydroxylation is 1. The van der Waals surface area contributed by atoms with Crippen LogP contribution in [-0.2, 0) is 10.0 Å². The second-order valence-corrected chi connectivity index (χ2v) is 10.3. The quantitative estimate of drug-likeness (QED) is 0.649. The lowest BCUT2D eigenvalue weighted by molar-refractivity contribution is 0.599. The zero-order valence-corrected chi connectivity index (χ0v) is 18.9. The molecular weight excluding hydrogens is 414 g/mol. The van der Waals surface area contributed by atoms with Crippen LogP contribution in [0.25, 0.3) is 5.65 Å². The number of nitrogens with one attached hydrogen (secondary N) is 1. The molecule has 0 atom stereocenters. The number of nitrogens with zero attached hydrogens (tertiary/aromatic N) is 6. The van der Waals surface area contributed by atoms with Crippen molar-refractivity contribution in [2.24, 2.45) is 0 Å². The van der Waals surface area contributed by atoms with Gasteiger partial charge < -0.3 is 9.80 Å². The molecule has 3 aromatic heterocycles. The van der Waals surface area contributed by atoms with Crippen LogP contribution >= 0.6 is 0 Å². The molecule has 2 fully saturated rings. The van der Waals surface area contributed by atoms with E-state index >= 15 is 0 Å². The summed E-state index contributed by atoms with van der Waals surface area (Å²) in [5.74, 6) is 1.05. The van der Waals surface area contributed by atoms with E-state index in [0.717, 1.165) is 37.7 Å². The number of aromatic nitrogens is 4. The summed E-state index contributed by atoms with van der Waals surface area (Å²) < 4.78 is 28.8. The predicted octanol–water partition coefficient (Wildman–Crippen LogP) is 2.28. The summed E-state index contributed by atoms with van der Waals surface area (Å²) in [6.45, 7) is 9.73. The molecule has 10 heteroatoms. The van der Waals surface area contributed by atoms with Gasteiger partial charge in [-0.3, -0.25) is 4.98 Å². The first kappa shape index (κ1) is 20.0. The van der Waals surface area contributed by atoms with Gasteiger partial charge in [-0.1, -0.05) is 6.07 Å². The molecule has 1 N–H and O–H groups in total. The Morgan fingerprint density at radius 2 is 1.71 bits per heavy atom. The Labute approximate surface area is 182 Å². The molecule has 1 saturated heterocycles. The molecule has 2 aliphatic rings. The smallest absolute Gasteiger partial charge is 0.256 e. The average molecular weight is 442 g/mol. The number of fused-ring (bicyclic) bond motifs is 1. The van der Waals surface area contributed by atoms with Gasteiger partial charge in [-0.2, -0.15) is 9.50 Å². The van der Waals surface area contributed by atoms with E-state index in [1.165, 1.54) is 16.8 Å². The molecule has 0 amide bonds. The zero-order valence-electron chi connectivity index (χ0n) is 18.0. The number of sulfonamides is 1. The first-order valence-electron chi connectivity index (χ1n) is 10.6. The molecule has 1 aliphatic heterocycles. The third-order valence-corrected chi connectivity index (χ3v) is 8.17. The van der Waals surface area contributed by atoms with E-state index in [-0.39, 0.29) is 11.2 Å². The van der Waals surface area contributed by atoms with Crippen molar-refractivity contribution in [1.82, 2.24) is 19.6 Å². The van der Waals surface area contributed by atoms with E-state index in [9.17, 15) is 8.42 Å². The summed E-state index contributed by atoms with van der Waals surface area (Å²) in [6.07, 6.45) is 3.38. The summed E-state index contributed by atoms with van der Waals surface area (Å²) in [7, 11) is -3.39. The van der Waals surface area contributed by atoms with Crippen LogP contribution in [0.4, 0.5) is 17.5 Å². The summed E-state index contributed by atoms with van der Waals surface area (Å²) in [6, 6.07) is 5.77.